The van der Waals surface area contributed by atoms with Crippen LogP contribution in [0.3, 0.4) is 0 Å². The zero-order valence-electron chi connectivity index (χ0n) is 10.0. The van der Waals surface area contributed by atoms with Gasteiger partial charge >= 0.3 is 6.03 Å². The van der Waals surface area contributed by atoms with Gasteiger partial charge in [-0.15, -0.1) is 0 Å². The number of benzene rings is 1. The van der Waals surface area contributed by atoms with Gasteiger partial charge in [-0.2, -0.15) is 5.10 Å². The average molecular weight is 235 g/mol. The Kier molecular flexibility index (Phi) is 5.16. The van der Waals surface area contributed by atoms with Crippen molar-refractivity contribution in [3.05, 3.63) is 35.4 Å². The summed E-state index contributed by atoms with van der Waals surface area (Å²) in [6.45, 7) is 4.47. The summed E-state index contributed by atoms with van der Waals surface area (Å²) in [6, 6.07) is 6.99. The van der Waals surface area contributed by atoms with E-state index in [0.29, 0.717) is 6.61 Å². The lowest BCUT2D eigenvalue weighted by molar-refractivity contribution is 0.0656. The van der Waals surface area contributed by atoms with E-state index in [1.165, 1.54) is 0 Å². The molecular formula is C12H17N3O2. The van der Waals surface area contributed by atoms with Crippen molar-refractivity contribution in [2.24, 2.45) is 10.8 Å². The normalized spacial score (nSPS) is 11.0. The highest BCUT2D eigenvalue weighted by Gasteiger charge is 2.01. The van der Waals surface area contributed by atoms with Crippen molar-refractivity contribution in [3.8, 4) is 0 Å². The number of nitrogens with zero attached hydrogens (tertiary/aromatic N) is 1. The number of carbonyl (C=O) groups excluding carboxylic acids is 1. The Morgan fingerprint density at radius 3 is 2.88 bits per heavy atom. The number of carbonyl (C=O) groups is 1. The fraction of sp³-hybridized carbons (Fsp3) is 0.333. The quantitative estimate of drug-likeness (QED) is 0.601. The lowest BCUT2D eigenvalue weighted by Gasteiger charge is -2.09. The number of hydrazone groups is 1. The van der Waals surface area contributed by atoms with Gasteiger partial charge in [0.05, 0.1) is 18.9 Å². The molecule has 1 aromatic carbocycles. The molecule has 17 heavy (non-hydrogen) atoms. The second kappa shape index (κ2) is 6.65. The zero-order valence-corrected chi connectivity index (χ0v) is 10.0. The average Bonchev–Trinajstić information content (AvgIpc) is 2.27. The third-order valence-electron chi connectivity index (χ3n) is 2.01. The summed E-state index contributed by atoms with van der Waals surface area (Å²) in [4.78, 5) is 10.5. The van der Waals surface area contributed by atoms with Crippen LogP contribution in [0.4, 0.5) is 4.79 Å². The number of hydrogen-bond donors (Lipinski definition) is 2. The maximum Gasteiger partial charge on any atom is 0.332 e. The second-order valence-corrected chi connectivity index (χ2v) is 3.79. The maximum absolute atomic E-state index is 10.5. The Hall–Kier alpha value is -1.88. The molecule has 2 amide bonds. The van der Waals surface area contributed by atoms with Crippen molar-refractivity contribution >= 4 is 12.2 Å². The van der Waals surface area contributed by atoms with Gasteiger partial charge in [-0.3, -0.25) is 0 Å². The number of nitrogens with two attached hydrogens (primary N) is 1. The molecule has 0 saturated heterocycles. The minimum absolute atomic E-state index is 0.170. The van der Waals surface area contributed by atoms with E-state index in [9.17, 15) is 4.79 Å². The second-order valence-electron chi connectivity index (χ2n) is 3.79. The molecule has 3 N–H and O–H groups in total. The Bertz CT molecular complexity index is 402. The maximum atomic E-state index is 10.5. The van der Waals surface area contributed by atoms with Crippen molar-refractivity contribution in [2.45, 2.75) is 26.6 Å². The van der Waals surface area contributed by atoms with Crippen LogP contribution in [0.5, 0.6) is 0 Å². The summed E-state index contributed by atoms with van der Waals surface area (Å²) in [5.41, 5.74) is 8.96. The molecule has 0 aliphatic rings. The van der Waals surface area contributed by atoms with Gasteiger partial charge in [-0.1, -0.05) is 24.3 Å². The standard InChI is InChI=1S/C12H17N3O2/c1-9(2)17-8-11-6-4-3-5-10(11)7-14-15-12(13)16/h3-7,9H,8H2,1-2H3,(H3,13,15,16). The molecule has 5 nitrogen and oxygen atoms in total. The van der Waals surface area contributed by atoms with Crippen LogP contribution in [0.15, 0.2) is 29.4 Å². The van der Waals surface area contributed by atoms with E-state index in [0.717, 1.165) is 11.1 Å². The van der Waals surface area contributed by atoms with Gasteiger partial charge in [-0.25, -0.2) is 10.2 Å². The molecule has 0 unspecified atom stereocenters. The predicted molar refractivity (Wildman–Crippen MR) is 66.7 cm³/mol. The Morgan fingerprint density at radius 1 is 1.53 bits per heavy atom. The Labute approximate surface area is 101 Å². The van der Waals surface area contributed by atoms with Gasteiger partial charge < -0.3 is 10.5 Å². The Balaban J connectivity index is 2.70. The number of hydrogen-bond acceptors (Lipinski definition) is 3. The van der Waals surface area contributed by atoms with Gasteiger partial charge in [-0.05, 0) is 19.4 Å². The summed E-state index contributed by atoms with van der Waals surface area (Å²) >= 11 is 0. The highest BCUT2D eigenvalue weighted by Crippen LogP contribution is 2.09. The van der Waals surface area contributed by atoms with E-state index in [1.807, 2.05) is 38.1 Å². The van der Waals surface area contributed by atoms with Crippen LogP contribution in [-0.2, 0) is 11.3 Å². The number of primary amides is 1. The number of ether oxygens (including phenoxy) is 1. The fourth-order valence-corrected chi connectivity index (χ4v) is 1.21. The molecule has 0 radical (unpaired) electrons. The van der Waals surface area contributed by atoms with Crippen molar-refractivity contribution < 1.29 is 9.53 Å². The van der Waals surface area contributed by atoms with Crippen LogP contribution < -0.4 is 11.2 Å². The number of rotatable bonds is 5. The van der Waals surface area contributed by atoms with E-state index in [-0.39, 0.29) is 6.10 Å². The molecule has 92 valence electrons. The molecule has 0 aliphatic carbocycles. The van der Waals surface area contributed by atoms with Crippen LogP contribution in [0, 0.1) is 0 Å². The number of amides is 2. The first-order chi connectivity index (χ1) is 8.09. The van der Waals surface area contributed by atoms with Crippen molar-refractivity contribution in [3.63, 3.8) is 0 Å². The first-order valence-corrected chi connectivity index (χ1v) is 5.37. The molecule has 0 bridgehead atoms. The third kappa shape index (κ3) is 5.12. The minimum Gasteiger partial charge on any atom is -0.374 e. The largest absolute Gasteiger partial charge is 0.374 e. The summed E-state index contributed by atoms with van der Waals surface area (Å²) < 4.78 is 5.52. The van der Waals surface area contributed by atoms with E-state index >= 15 is 0 Å². The van der Waals surface area contributed by atoms with Crippen molar-refractivity contribution in [1.29, 1.82) is 0 Å². The summed E-state index contributed by atoms with van der Waals surface area (Å²) in [7, 11) is 0. The van der Waals surface area contributed by atoms with Crippen LogP contribution in [0.1, 0.15) is 25.0 Å². The van der Waals surface area contributed by atoms with Gasteiger partial charge in [0, 0.05) is 5.56 Å². The number of nitrogens with one attached hydrogen (secondary N) is 1. The third-order valence-corrected chi connectivity index (χ3v) is 2.01. The van der Waals surface area contributed by atoms with E-state index in [2.05, 4.69) is 10.5 Å². The molecule has 0 saturated carbocycles. The summed E-state index contributed by atoms with van der Waals surface area (Å²) in [5.74, 6) is 0. The topological polar surface area (TPSA) is 76.7 Å². The van der Waals surface area contributed by atoms with Crippen LogP contribution in [0.25, 0.3) is 0 Å². The first kappa shape index (κ1) is 13.2. The van der Waals surface area contributed by atoms with Gasteiger partial charge in [0.1, 0.15) is 0 Å². The minimum atomic E-state index is -0.683. The molecule has 0 aromatic heterocycles. The van der Waals surface area contributed by atoms with E-state index < -0.39 is 6.03 Å². The fourth-order valence-electron chi connectivity index (χ4n) is 1.21. The lowest BCUT2D eigenvalue weighted by Crippen LogP contribution is -2.24. The highest BCUT2D eigenvalue weighted by atomic mass is 16.5. The molecule has 0 heterocycles. The van der Waals surface area contributed by atoms with Crippen LogP contribution >= 0.6 is 0 Å². The van der Waals surface area contributed by atoms with Gasteiger partial charge in [0.2, 0.25) is 0 Å². The Morgan fingerprint density at radius 2 is 2.24 bits per heavy atom. The highest BCUT2D eigenvalue weighted by molar-refractivity contribution is 5.83. The molecule has 5 heteroatoms. The van der Waals surface area contributed by atoms with Gasteiger partial charge in [0.15, 0.2) is 0 Å². The van der Waals surface area contributed by atoms with Crippen LogP contribution in [0.2, 0.25) is 0 Å². The zero-order chi connectivity index (χ0) is 12.7. The molecule has 1 aromatic rings. The molecule has 0 aliphatic heterocycles. The molecule has 0 atom stereocenters. The summed E-state index contributed by atoms with van der Waals surface area (Å²) in [5, 5.41) is 3.72. The van der Waals surface area contributed by atoms with Crippen molar-refractivity contribution in [1.82, 2.24) is 5.43 Å². The van der Waals surface area contributed by atoms with E-state index in [1.54, 1.807) is 6.21 Å². The van der Waals surface area contributed by atoms with Crippen LogP contribution in [-0.4, -0.2) is 18.3 Å². The SMILES string of the molecule is CC(C)OCc1ccccc1C=NNC(N)=O. The molecule has 0 fully saturated rings. The monoisotopic (exact) mass is 235 g/mol. The number of urea groups is 1. The van der Waals surface area contributed by atoms with E-state index in [4.69, 9.17) is 10.5 Å². The molecule has 1 rings (SSSR count). The summed E-state index contributed by atoms with van der Waals surface area (Å²) in [6.07, 6.45) is 1.72. The molecular weight excluding hydrogens is 218 g/mol. The predicted octanol–water partition coefficient (Wildman–Crippen LogP) is 1.61. The van der Waals surface area contributed by atoms with Crippen molar-refractivity contribution in [2.75, 3.05) is 0 Å². The smallest absolute Gasteiger partial charge is 0.332 e. The molecule has 0 spiro atoms. The lowest BCUT2D eigenvalue weighted by atomic mass is 10.1. The van der Waals surface area contributed by atoms with Gasteiger partial charge in [0.25, 0.3) is 0 Å². The first-order valence-electron chi connectivity index (χ1n) is 5.37.